The lowest BCUT2D eigenvalue weighted by Crippen LogP contribution is -2.41. The molecule has 0 aromatic carbocycles. The molecule has 0 bridgehead atoms. The highest BCUT2D eigenvalue weighted by Crippen LogP contribution is 2.24. The molecule has 0 aliphatic carbocycles. The lowest BCUT2D eigenvalue weighted by molar-refractivity contribution is 0.121. The number of piperidine rings is 1. The van der Waals surface area contributed by atoms with E-state index >= 15 is 0 Å². The minimum absolute atomic E-state index is 0.672. The van der Waals surface area contributed by atoms with Gasteiger partial charge in [-0.25, -0.2) is 4.98 Å². The van der Waals surface area contributed by atoms with Crippen LogP contribution in [0.15, 0.2) is 18.3 Å². The van der Waals surface area contributed by atoms with Gasteiger partial charge in [-0.2, -0.15) is 0 Å². The molecule has 4 nitrogen and oxygen atoms in total. The maximum absolute atomic E-state index is 5.91. The maximum Gasteiger partial charge on any atom is 0.127 e. The lowest BCUT2D eigenvalue weighted by atomic mass is 9.89. The van der Waals surface area contributed by atoms with Gasteiger partial charge in [-0.1, -0.05) is 6.07 Å². The van der Waals surface area contributed by atoms with Crippen LogP contribution in [0.3, 0.4) is 0 Å². The molecule has 2 rings (SSSR count). The number of rotatable bonds is 4. The van der Waals surface area contributed by atoms with E-state index in [0.717, 1.165) is 31.1 Å². The van der Waals surface area contributed by atoms with Crippen LogP contribution in [0.2, 0.25) is 0 Å². The van der Waals surface area contributed by atoms with Crippen LogP contribution in [0.25, 0.3) is 0 Å². The zero-order valence-electron chi connectivity index (χ0n) is 12.3. The molecule has 1 aliphatic heterocycles. The topological polar surface area (TPSA) is 45.4 Å². The average Bonchev–Trinajstić information content (AvgIpc) is 2.41. The summed E-state index contributed by atoms with van der Waals surface area (Å²) in [6.45, 7) is 5.59. The van der Waals surface area contributed by atoms with E-state index in [2.05, 4.69) is 41.9 Å². The van der Waals surface area contributed by atoms with E-state index in [1.54, 1.807) is 6.20 Å². The standard InChI is InChI=1S/C15H26N4/c1-12(18(2)3)13-6-9-19(10-7-13)11-14-5-4-8-17-15(14)16/h4-5,8,12-13H,6-7,9-11H2,1-3H3,(H2,16,17)/t12-/m1/s1. The zero-order valence-corrected chi connectivity index (χ0v) is 12.3. The van der Waals surface area contributed by atoms with E-state index < -0.39 is 0 Å². The fraction of sp³-hybridized carbons (Fsp3) is 0.667. The Morgan fingerprint density at radius 3 is 2.68 bits per heavy atom. The molecule has 2 heterocycles. The van der Waals surface area contributed by atoms with Crippen LogP contribution in [0.4, 0.5) is 5.82 Å². The highest BCUT2D eigenvalue weighted by atomic mass is 15.1. The van der Waals surface area contributed by atoms with Crippen molar-refractivity contribution in [1.29, 1.82) is 0 Å². The number of hydrogen-bond donors (Lipinski definition) is 1. The van der Waals surface area contributed by atoms with Gasteiger partial charge in [-0.05, 0) is 58.9 Å². The molecular formula is C15H26N4. The van der Waals surface area contributed by atoms with Crippen molar-refractivity contribution in [2.45, 2.75) is 32.4 Å². The first-order valence-electron chi connectivity index (χ1n) is 7.16. The van der Waals surface area contributed by atoms with Crippen molar-refractivity contribution >= 4 is 5.82 Å². The smallest absolute Gasteiger partial charge is 0.127 e. The number of hydrogen-bond acceptors (Lipinski definition) is 4. The Morgan fingerprint density at radius 2 is 2.11 bits per heavy atom. The van der Waals surface area contributed by atoms with Gasteiger partial charge < -0.3 is 10.6 Å². The van der Waals surface area contributed by atoms with Crippen LogP contribution in [0, 0.1) is 5.92 Å². The molecule has 2 N–H and O–H groups in total. The summed E-state index contributed by atoms with van der Waals surface area (Å²) in [7, 11) is 4.35. The van der Waals surface area contributed by atoms with Crippen LogP contribution in [-0.2, 0) is 6.54 Å². The molecule has 1 atom stereocenters. The van der Waals surface area contributed by atoms with Crippen molar-refractivity contribution in [3.63, 3.8) is 0 Å². The zero-order chi connectivity index (χ0) is 13.8. The summed E-state index contributed by atoms with van der Waals surface area (Å²) in [5, 5.41) is 0. The van der Waals surface area contributed by atoms with Gasteiger partial charge in [-0.15, -0.1) is 0 Å². The SMILES string of the molecule is C[C@H](C1CCN(Cc2cccnc2N)CC1)N(C)C. The van der Waals surface area contributed by atoms with Crippen LogP contribution in [0.1, 0.15) is 25.3 Å². The third kappa shape index (κ3) is 3.67. The monoisotopic (exact) mass is 262 g/mol. The highest BCUT2D eigenvalue weighted by Gasteiger charge is 2.25. The summed E-state index contributed by atoms with van der Waals surface area (Å²) in [4.78, 5) is 8.98. The molecule has 1 aromatic rings. The fourth-order valence-corrected chi connectivity index (χ4v) is 2.84. The van der Waals surface area contributed by atoms with Crippen LogP contribution in [0.5, 0.6) is 0 Å². The molecule has 0 radical (unpaired) electrons. The number of anilines is 1. The molecule has 0 amide bonds. The van der Waals surface area contributed by atoms with Crippen molar-refractivity contribution in [2.75, 3.05) is 32.9 Å². The van der Waals surface area contributed by atoms with Gasteiger partial charge in [0.15, 0.2) is 0 Å². The Kier molecular flexibility index (Phi) is 4.77. The molecule has 106 valence electrons. The van der Waals surface area contributed by atoms with E-state index in [1.807, 2.05) is 6.07 Å². The molecule has 1 aliphatic rings. The van der Waals surface area contributed by atoms with E-state index in [-0.39, 0.29) is 0 Å². The van der Waals surface area contributed by atoms with E-state index in [9.17, 15) is 0 Å². The van der Waals surface area contributed by atoms with E-state index in [4.69, 9.17) is 5.73 Å². The van der Waals surface area contributed by atoms with Crippen molar-refractivity contribution in [1.82, 2.24) is 14.8 Å². The first kappa shape index (κ1) is 14.3. The average molecular weight is 262 g/mol. The normalized spacial score (nSPS) is 19.8. The first-order chi connectivity index (χ1) is 9.08. The van der Waals surface area contributed by atoms with Gasteiger partial charge >= 0.3 is 0 Å². The Bertz CT molecular complexity index is 397. The molecule has 19 heavy (non-hydrogen) atoms. The predicted octanol–water partition coefficient (Wildman–Crippen LogP) is 1.83. The van der Waals surface area contributed by atoms with Crippen molar-refractivity contribution in [2.24, 2.45) is 5.92 Å². The second kappa shape index (κ2) is 6.35. The molecule has 0 unspecified atom stereocenters. The van der Waals surface area contributed by atoms with Gasteiger partial charge in [0.2, 0.25) is 0 Å². The van der Waals surface area contributed by atoms with Gasteiger partial charge in [0.05, 0.1) is 0 Å². The molecule has 4 heteroatoms. The maximum atomic E-state index is 5.91. The highest BCUT2D eigenvalue weighted by molar-refractivity contribution is 5.38. The molecular weight excluding hydrogens is 236 g/mol. The number of aromatic nitrogens is 1. The summed E-state index contributed by atoms with van der Waals surface area (Å²) < 4.78 is 0. The Balaban J connectivity index is 1.86. The molecule has 1 aromatic heterocycles. The van der Waals surface area contributed by atoms with Crippen LogP contribution in [-0.4, -0.2) is 48.0 Å². The van der Waals surface area contributed by atoms with E-state index in [1.165, 1.54) is 12.8 Å². The van der Waals surface area contributed by atoms with E-state index in [0.29, 0.717) is 11.9 Å². The molecule has 0 spiro atoms. The van der Waals surface area contributed by atoms with Crippen molar-refractivity contribution in [3.8, 4) is 0 Å². The summed E-state index contributed by atoms with van der Waals surface area (Å²) in [5.41, 5.74) is 7.06. The van der Waals surface area contributed by atoms with Crippen molar-refractivity contribution in [3.05, 3.63) is 23.9 Å². The summed E-state index contributed by atoms with van der Waals surface area (Å²) >= 11 is 0. The third-order valence-electron chi connectivity index (χ3n) is 4.45. The Morgan fingerprint density at radius 1 is 1.42 bits per heavy atom. The van der Waals surface area contributed by atoms with Gasteiger partial charge in [-0.3, -0.25) is 4.90 Å². The predicted molar refractivity (Wildman–Crippen MR) is 79.8 cm³/mol. The molecule has 1 saturated heterocycles. The minimum atomic E-state index is 0.672. The minimum Gasteiger partial charge on any atom is -0.383 e. The largest absolute Gasteiger partial charge is 0.383 e. The second-order valence-corrected chi connectivity index (χ2v) is 5.87. The summed E-state index contributed by atoms with van der Waals surface area (Å²) in [6, 6.07) is 4.72. The Hall–Kier alpha value is -1.13. The van der Waals surface area contributed by atoms with Crippen molar-refractivity contribution < 1.29 is 0 Å². The van der Waals surface area contributed by atoms with Crippen LogP contribution >= 0.6 is 0 Å². The second-order valence-electron chi connectivity index (χ2n) is 5.87. The third-order valence-corrected chi connectivity index (χ3v) is 4.45. The lowest BCUT2D eigenvalue weighted by Gasteiger charge is -2.37. The quantitative estimate of drug-likeness (QED) is 0.899. The number of nitrogens with zero attached hydrogens (tertiary/aromatic N) is 3. The van der Waals surface area contributed by atoms with Crippen LogP contribution < -0.4 is 5.73 Å². The summed E-state index contributed by atoms with van der Waals surface area (Å²) in [5.74, 6) is 1.49. The summed E-state index contributed by atoms with van der Waals surface area (Å²) in [6.07, 6.45) is 4.31. The van der Waals surface area contributed by atoms with Gasteiger partial charge in [0, 0.05) is 24.3 Å². The fourth-order valence-electron chi connectivity index (χ4n) is 2.84. The number of pyridine rings is 1. The first-order valence-corrected chi connectivity index (χ1v) is 7.16. The Labute approximate surface area is 116 Å². The number of nitrogen functional groups attached to an aromatic ring is 1. The van der Waals surface area contributed by atoms with Gasteiger partial charge in [0.1, 0.15) is 5.82 Å². The molecule has 1 fully saturated rings. The number of likely N-dealkylation sites (tertiary alicyclic amines) is 1. The van der Waals surface area contributed by atoms with Gasteiger partial charge in [0.25, 0.3) is 0 Å². The number of nitrogens with two attached hydrogens (primary N) is 1. The molecule has 0 saturated carbocycles.